The fourth-order valence-corrected chi connectivity index (χ4v) is 3.94. The molecule has 0 fully saturated rings. The van der Waals surface area contributed by atoms with E-state index in [2.05, 4.69) is 22.9 Å². The van der Waals surface area contributed by atoms with Crippen molar-refractivity contribution in [3.8, 4) is 0 Å². The van der Waals surface area contributed by atoms with Crippen molar-refractivity contribution in [1.29, 1.82) is 0 Å². The van der Waals surface area contributed by atoms with Crippen LogP contribution < -0.4 is 22.2 Å². The minimum Gasteiger partial charge on any atom is -0.408 e. The Morgan fingerprint density at radius 1 is 0.914 bits per heavy atom. The quantitative estimate of drug-likeness (QED) is 0.282. The van der Waals surface area contributed by atoms with Crippen molar-refractivity contribution in [2.75, 3.05) is 0 Å². The third kappa shape index (κ3) is 5.32. The summed E-state index contributed by atoms with van der Waals surface area (Å²) in [6.07, 6.45) is 3.16. The zero-order valence-electron chi connectivity index (χ0n) is 19.5. The molecule has 10 heteroatoms. The number of aryl methyl sites for hydroxylation is 2. The smallest absolute Gasteiger partial charge is 0.408 e. The number of fused-ring (bicyclic) bond motifs is 2. The maximum absolute atomic E-state index is 12.8. The minimum atomic E-state index is -0.615. The molecule has 0 bridgehead atoms. The highest BCUT2D eigenvalue weighted by atomic mass is 16.4. The first-order valence-electron chi connectivity index (χ1n) is 11.7. The van der Waals surface area contributed by atoms with Gasteiger partial charge in [-0.05, 0) is 31.0 Å². The number of unbranched alkanes of at least 4 members (excludes halogenated alkanes) is 2. The fraction of sp³-hybridized carbons (Fsp3) is 0.320. The van der Waals surface area contributed by atoms with Gasteiger partial charge in [-0.2, -0.15) is 5.10 Å². The van der Waals surface area contributed by atoms with Crippen LogP contribution in [0.25, 0.3) is 21.9 Å². The van der Waals surface area contributed by atoms with Gasteiger partial charge in [0.05, 0.1) is 10.9 Å². The lowest BCUT2D eigenvalue weighted by atomic mass is 10.1. The van der Waals surface area contributed by atoms with Crippen LogP contribution in [-0.4, -0.2) is 26.2 Å². The summed E-state index contributed by atoms with van der Waals surface area (Å²) in [5, 5.41) is 5.09. The third-order valence-corrected chi connectivity index (χ3v) is 5.73. The summed E-state index contributed by atoms with van der Waals surface area (Å²) in [5.74, 6) is -1.51. The van der Waals surface area contributed by atoms with Gasteiger partial charge in [0.25, 0.3) is 11.5 Å². The summed E-state index contributed by atoms with van der Waals surface area (Å²) in [6, 6.07) is 13.8. The van der Waals surface area contributed by atoms with E-state index in [1.54, 1.807) is 48.5 Å². The number of rotatable bonds is 9. The molecule has 2 N–H and O–H groups in total. The molecule has 2 aromatic carbocycles. The second-order valence-corrected chi connectivity index (χ2v) is 8.22. The standard InChI is InChI=1S/C25H27N5O5/c1-2-3-8-16-30-24(33)18-11-5-4-10-17(18)22(28-30)23(32)27-26-21(31)14-9-15-29-19-12-6-7-13-20(19)35-25(29)34/h4-7,10-13H,2-3,8-9,14-16H2,1H3,(H,26,31)(H,27,32). The predicted molar refractivity (Wildman–Crippen MR) is 131 cm³/mol. The van der Waals surface area contributed by atoms with E-state index in [1.165, 1.54) is 9.25 Å². The first-order valence-corrected chi connectivity index (χ1v) is 11.7. The van der Waals surface area contributed by atoms with Crippen LogP contribution in [0.1, 0.15) is 49.5 Å². The van der Waals surface area contributed by atoms with Crippen LogP contribution in [0.3, 0.4) is 0 Å². The Balaban J connectivity index is 1.39. The van der Waals surface area contributed by atoms with Gasteiger partial charge in [-0.1, -0.05) is 50.1 Å². The number of carbonyl (C=O) groups is 2. The van der Waals surface area contributed by atoms with E-state index < -0.39 is 17.6 Å². The number of amides is 2. The molecule has 0 unspecified atom stereocenters. The highest BCUT2D eigenvalue weighted by molar-refractivity contribution is 6.05. The summed E-state index contributed by atoms with van der Waals surface area (Å²) in [7, 11) is 0. The molecule has 10 nitrogen and oxygen atoms in total. The molecule has 0 radical (unpaired) electrons. The third-order valence-electron chi connectivity index (χ3n) is 5.73. The number of nitrogens with zero attached hydrogens (tertiary/aromatic N) is 3. The summed E-state index contributed by atoms with van der Waals surface area (Å²) in [6.45, 7) is 2.77. The summed E-state index contributed by atoms with van der Waals surface area (Å²) in [5.41, 5.74) is 5.74. The van der Waals surface area contributed by atoms with Crippen LogP contribution in [0, 0.1) is 0 Å². The molecule has 182 valence electrons. The van der Waals surface area contributed by atoms with Gasteiger partial charge in [0, 0.05) is 24.9 Å². The molecule has 0 aliphatic carbocycles. The highest BCUT2D eigenvalue weighted by Gasteiger charge is 2.17. The average Bonchev–Trinajstić information content (AvgIpc) is 3.19. The predicted octanol–water partition coefficient (Wildman–Crippen LogP) is 2.74. The zero-order chi connectivity index (χ0) is 24.8. The van der Waals surface area contributed by atoms with Gasteiger partial charge in [-0.15, -0.1) is 0 Å². The normalized spacial score (nSPS) is 11.1. The number of benzene rings is 2. The van der Waals surface area contributed by atoms with E-state index in [9.17, 15) is 19.2 Å². The van der Waals surface area contributed by atoms with Crippen LogP contribution in [0.5, 0.6) is 0 Å². The lowest BCUT2D eigenvalue weighted by Gasteiger charge is -2.12. The molecule has 4 aromatic rings. The van der Waals surface area contributed by atoms with Crippen LogP contribution in [0.15, 0.2) is 62.5 Å². The first kappa shape index (κ1) is 23.9. The van der Waals surface area contributed by atoms with Gasteiger partial charge in [0.15, 0.2) is 11.3 Å². The molecular weight excluding hydrogens is 450 g/mol. The summed E-state index contributed by atoms with van der Waals surface area (Å²) < 4.78 is 7.97. The Hall–Kier alpha value is -4.21. The molecule has 0 spiro atoms. The molecule has 0 atom stereocenters. The van der Waals surface area contributed by atoms with Crippen molar-refractivity contribution in [2.45, 2.75) is 52.1 Å². The molecule has 4 rings (SSSR count). The van der Waals surface area contributed by atoms with E-state index in [4.69, 9.17) is 4.42 Å². The highest BCUT2D eigenvalue weighted by Crippen LogP contribution is 2.14. The van der Waals surface area contributed by atoms with Crippen molar-refractivity contribution in [3.05, 3.63) is 75.1 Å². The lowest BCUT2D eigenvalue weighted by Crippen LogP contribution is -2.42. The second kappa shape index (κ2) is 10.8. The molecule has 0 aliphatic heterocycles. The molecule has 0 saturated heterocycles. The average molecular weight is 478 g/mol. The van der Waals surface area contributed by atoms with Gasteiger partial charge in [-0.25, -0.2) is 9.48 Å². The van der Waals surface area contributed by atoms with Crippen LogP contribution in [0.2, 0.25) is 0 Å². The van der Waals surface area contributed by atoms with Gasteiger partial charge in [0.1, 0.15) is 0 Å². The van der Waals surface area contributed by atoms with Crippen LogP contribution in [0.4, 0.5) is 0 Å². The Bertz CT molecular complexity index is 1480. The van der Waals surface area contributed by atoms with E-state index in [0.29, 0.717) is 41.4 Å². The van der Waals surface area contributed by atoms with Gasteiger partial charge >= 0.3 is 5.76 Å². The molecule has 2 amide bonds. The maximum atomic E-state index is 12.8. The van der Waals surface area contributed by atoms with Crippen molar-refractivity contribution in [1.82, 2.24) is 25.2 Å². The number of carbonyl (C=O) groups excluding carboxylic acids is 2. The number of nitrogens with one attached hydrogen (secondary N) is 2. The molecule has 0 saturated carbocycles. The number of hydrazine groups is 1. The van der Waals surface area contributed by atoms with Crippen molar-refractivity contribution in [2.24, 2.45) is 0 Å². The molecule has 2 heterocycles. The largest absolute Gasteiger partial charge is 0.419 e. The number of oxazole rings is 1. The minimum absolute atomic E-state index is 0.0633. The molecular formula is C25H27N5O5. The van der Waals surface area contributed by atoms with E-state index in [1.807, 2.05) is 0 Å². The monoisotopic (exact) mass is 477 g/mol. The SMILES string of the molecule is CCCCCn1nc(C(=O)NNC(=O)CCCn2c(=O)oc3ccccc32)c2ccccc2c1=O. The Morgan fingerprint density at radius 3 is 2.46 bits per heavy atom. The number of para-hydroxylation sites is 2. The molecule has 2 aromatic heterocycles. The maximum Gasteiger partial charge on any atom is 0.419 e. The lowest BCUT2D eigenvalue weighted by molar-refractivity contribution is -0.122. The summed E-state index contributed by atoms with van der Waals surface area (Å²) >= 11 is 0. The fourth-order valence-electron chi connectivity index (χ4n) is 3.94. The molecule has 35 heavy (non-hydrogen) atoms. The van der Waals surface area contributed by atoms with Crippen molar-refractivity contribution < 1.29 is 14.0 Å². The number of aromatic nitrogens is 3. The number of hydrogen-bond donors (Lipinski definition) is 2. The van der Waals surface area contributed by atoms with Crippen LogP contribution in [-0.2, 0) is 17.9 Å². The van der Waals surface area contributed by atoms with Crippen molar-refractivity contribution >= 4 is 33.7 Å². The summed E-state index contributed by atoms with van der Waals surface area (Å²) in [4.78, 5) is 49.9. The van der Waals surface area contributed by atoms with Gasteiger partial charge in [0.2, 0.25) is 5.91 Å². The number of hydrogen-bond acceptors (Lipinski definition) is 6. The Morgan fingerprint density at radius 2 is 1.66 bits per heavy atom. The van der Waals surface area contributed by atoms with E-state index in [0.717, 1.165) is 19.3 Å². The Labute approximate surface area is 200 Å². The van der Waals surface area contributed by atoms with Gasteiger partial charge in [-0.3, -0.25) is 29.8 Å². The topological polar surface area (TPSA) is 128 Å². The molecule has 0 aliphatic rings. The van der Waals surface area contributed by atoms with Gasteiger partial charge < -0.3 is 4.42 Å². The zero-order valence-corrected chi connectivity index (χ0v) is 19.5. The Kier molecular flexibility index (Phi) is 7.39. The van der Waals surface area contributed by atoms with E-state index in [-0.39, 0.29) is 17.7 Å². The first-order chi connectivity index (χ1) is 17.0. The second-order valence-electron chi connectivity index (χ2n) is 8.22. The van der Waals surface area contributed by atoms with E-state index >= 15 is 0 Å². The van der Waals surface area contributed by atoms with Crippen LogP contribution >= 0.6 is 0 Å². The van der Waals surface area contributed by atoms with Crippen molar-refractivity contribution in [3.63, 3.8) is 0 Å².